The zero-order valence-corrected chi connectivity index (χ0v) is 8.37. The lowest BCUT2D eigenvalue weighted by Crippen LogP contribution is -2.16. The molecule has 5 heteroatoms. The quantitative estimate of drug-likeness (QED) is 0.807. The van der Waals surface area contributed by atoms with Gasteiger partial charge in [-0.15, -0.1) is 0 Å². The molecule has 0 unspecified atom stereocenters. The van der Waals surface area contributed by atoms with Gasteiger partial charge in [-0.25, -0.2) is 4.98 Å². The number of aromatic amines is 1. The van der Waals surface area contributed by atoms with E-state index >= 15 is 0 Å². The summed E-state index contributed by atoms with van der Waals surface area (Å²) in [7, 11) is 0. The highest BCUT2D eigenvalue weighted by molar-refractivity contribution is 7.98. The molecule has 0 atom stereocenters. The second-order valence-corrected chi connectivity index (χ2v) is 3.82. The lowest BCUT2D eigenvalue weighted by atomic mass is 10.4. The van der Waals surface area contributed by atoms with Gasteiger partial charge < -0.3 is 4.98 Å². The first-order chi connectivity index (χ1) is 6.15. The van der Waals surface area contributed by atoms with E-state index in [2.05, 4.69) is 9.97 Å². The molecule has 72 valence electrons. The molecule has 0 aromatic carbocycles. The summed E-state index contributed by atoms with van der Waals surface area (Å²) in [5.41, 5.74) is -0.519. The van der Waals surface area contributed by atoms with Crippen molar-refractivity contribution in [3.05, 3.63) is 27.7 Å². The van der Waals surface area contributed by atoms with Gasteiger partial charge in [0.1, 0.15) is 5.82 Å². The second kappa shape index (κ2) is 4.41. The first-order valence-electron chi connectivity index (χ1n) is 3.98. The molecular formula is C8H11FN2OS. The van der Waals surface area contributed by atoms with Crippen LogP contribution in [-0.2, 0) is 5.75 Å². The van der Waals surface area contributed by atoms with Crippen molar-refractivity contribution in [3.63, 3.8) is 0 Å². The van der Waals surface area contributed by atoms with Gasteiger partial charge in [-0.1, -0.05) is 6.92 Å². The van der Waals surface area contributed by atoms with E-state index in [0.717, 1.165) is 5.75 Å². The average molecular weight is 202 g/mol. The van der Waals surface area contributed by atoms with Crippen LogP contribution in [0.4, 0.5) is 4.39 Å². The van der Waals surface area contributed by atoms with E-state index < -0.39 is 11.4 Å². The molecule has 0 fully saturated rings. The topological polar surface area (TPSA) is 45.8 Å². The Morgan fingerprint density at radius 1 is 1.62 bits per heavy atom. The van der Waals surface area contributed by atoms with E-state index in [-0.39, 0.29) is 5.69 Å². The van der Waals surface area contributed by atoms with Crippen LogP contribution < -0.4 is 5.56 Å². The SMILES string of the molecule is CCSCc1nc(C)c(F)c(=O)[nH]1. The van der Waals surface area contributed by atoms with Gasteiger partial charge >= 0.3 is 0 Å². The summed E-state index contributed by atoms with van der Waals surface area (Å²) in [6.45, 7) is 3.50. The number of halogens is 1. The normalized spacial score (nSPS) is 10.4. The van der Waals surface area contributed by atoms with Crippen molar-refractivity contribution in [2.24, 2.45) is 0 Å². The maximum Gasteiger partial charge on any atom is 0.287 e. The summed E-state index contributed by atoms with van der Waals surface area (Å²) in [4.78, 5) is 17.3. The Kier molecular flexibility index (Phi) is 3.48. The predicted molar refractivity (Wildman–Crippen MR) is 51.4 cm³/mol. The Balaban J connectivity index is 2.93. The molecule has 1 aromatic heterocycles. The van der Waals surface area contributed by atoms with Crippen LogP contribution in [0.25, 0.3) is 0 Å². The van der Waals surface area contributed by atoms with Crippen molar-refractivity contribution in [1.82, 2.24) is 9.97 Å². The first kappa shape index (κ1) is 10.2. The van der Waals surface area contributed by atoms with Crippen LogP contribution in [0.15, 0.2) is 4.79 Å². The van der Waals surface area contributed by atoms with E-state index in [9.17, 15) is 9.18 Å². The summed E-state index contributed by atoms with van der Waals surface area (Å²) in [6.07, 6.45) is 0. The minimum absolute atomic E-state index is 0.162. The third-order valence-electron chi connectivity index (χ3n) is 1.52. The van der Waals surface area contributed by atoms with Crippen LogP contribution in [0.3, 0.4) is 0 Å². The molecular weight excluding hydrogens is 191 g/mol. The zero-order chi connectivity index (χ0) is 9.84. The molecule has 0 aliphatic carbocycles. The van der Waals surface area contributed by atoms with Crippen LogP contribution in [0, 0.1) is 12.7 Å². The lowest BCUT2D eigenvalue weighted by molar-refractivity contribution is 0.584. The molecule has 0 saturated carbocycles. The molecule has 0 radical (unpaired) electrons. The summed E-state index contributed by atoms with van der Waals surface area (Å²) < 4.78 is 12.8. The predicted octanol–water partition coefficient (Wildman–Crippen LogP) is 1.47. The highest BCUT2D eigenvalue weighted by Gasteiger charge is 2.05. The average Bonchev–Trinajstić information content (AvgIpc) is 2.10. The van der Waals surface area contributed by atoms with Gasteiger partial charge in [0.2, 0.25) is 5.82 Å². The number of aromatic nitrogens is 2. The summed E-state index contributed by atoms with van der Waals surface area (Å²) in [5, 5.41) is 0. The van der Waals surface area contributed by atoms with Crippen molar-refractivity contribution in [1.29, 1.82) is 0 Å². The van der Waals surface area contributed by atoms with E-state index in [4.69, 9.17) is 0 Å². The third kappa shape index (κ3) is 2.55. The Labute approximate surface area is 79.8 Å². The molecule has 13 heavy (non-hydrogen) atoms. The van der Waals surface area contributed by atoms with Crippen molar-refractivity contribution in [3.8, 4) is 0 Å². The van der Waals surface area contributed by atoms with Crippen molar-refractivity contribution in [2.45, 2.75) is 19.6 Å². The van der Waals surface area contributed by atoms with E-state index in [0.29, 0.717) is 11.6 Å². The second-order valence-electron chi connectivity index (χ2n) is 2.55. The van der Waals surface area contributed by atoms with E-state index in [1.54, 1.807) is 11.8 Å². The Morgan fingerprint density at radius 3 is 2.85 bits per heavy atom. The van der Waals surface area contributed by atoms with Crippen LogP contribution >= 0.6 is 11.8 Å². The van der Waals surface area contributed by atoms with Crippen LogP contribution in [0.2, 0.25) is 0 Å². The largest absolute Gasteiger partial charge is 0.307 e. The van der Waals surface area contributed by atoms with Gasteiger partial charge in [-0.05, 0) is 12.7 Å². The minimum Gasteiger partial charge on any atom is -0.307 e. The van der Waals surface area contributed by atoms with Gasteiger partial charge in [0.15, 0.2) is 0 Å². The number of rotatable bonds is 3. The van der Waals surface area contributed by atoms with Gasteiger partial charge in [-0.3, -0.25) is 4.79 Å². The molecule has 0 amide bonds. The number of thioether (sulfide) groups is 1. The molecule has 0 aliphatic rings. The molecule has 0 spiro atoms. The number of nitrogens with zero attached hydrogens (tertiary/aromatic N) is 1. The van der Waals surface area contributed by atoms with E-state index in [1.165, 1.54) is 6.92 Å². The molecule has 0 aliphatic heterocycles. The number of nitrogens with one attached hydrogen (secondary N) is 1. The lowest BCUT2D eigenvalue weighted by Gasteiger charge is -2.00. The van der Waals surface area contributed by atoms with Crippen molar-refractivity contribution in [2.75, 3.05) is 5.75 Å². The molecule has 0 saturated heterocycles. The van der Waals surface area contributed by atoms with E-state index in [1.807, 2.05) is 6.92 Å². The molecule has 1 rings (SSSR count). The first-order valence-corrected chi connectivity index (χ1v) is 5.13. The van der Waals surface area contributed by atoms with Gasteiger partial charge in [-0.2, -0.15) is 16.2 Å². The third-order valence-corrected chi connectivity index (χ3v) is 2.41. The van der Waals surface area contributed by atoms with Crippen LogP contribution in [0.5, 0.6) is 0 Å². The zero-order valence-electron chi connectivity index (χ0n) is 7.56. The van der Waals surface area contributed by atoms with Crippen LogP contribution in [0.1, 0.15) is 18.4 Å². The maximum atomic E-state index is 12.8. The number of H-pyrrole nitrogens is 1. The summed E-state index contributed by atoms with van der Waals surface area (Å²) >= 11 is 1.63. The van der Waals surface area contributed by atoms with Crippen molar-refractivity contribution < 1.29 is 4.39 Å². The smallest absolute Gasteiger partial charge is 0.287 e. The van der Waals surface area contributed by atoms with Gasteiger partial charge in [0.25, 0.3) is 5.56 Å². The Hall–Kier alpha value is -0.840. The fourth-order valence-corrected chi connectivity index (χ4v) is 1.43. The number of aryl methyl sites for hydroxylation is 1. The fourth-order valence-electron chi connectivity index (χ4n) is 0.897. The summed E-state index contributed by atoms with van der Waals surface area (Å²) in [5.74, 6) is 1.31. The van der Waals surface area contributed by atoms with Gasteiger partial charge in [0.05, 0.1) is 11.4 Å². The fraction of sp³-hybridized carbons (Fsp3) is 0.500. The van der Waals surface area contributed by atoms with Gasteiger partial charge in [0, 0.05) is 0 Å². The number of hydrogen-bond donors (Lipinski definition) is 1. The number of hydrogen-bond acceptors (Lipinski definition) is 3. The standard InChI is InChI=1S/C8H11FN2OS/c1-3-13-4-6-10-5(2)7(9)8(12)11-6/h3-4H2,1-2H3,(H,10,11,12). The highest BCUT2D eigenvalue weighted by atomic mass is 32.2. The van der Waals surface area contributed by atoms with Crippen LogP contribution in [-0.4, -0.2) is 15.7 Å². The molecule has 1 N–H and O–H groups in total. The molecule has 1 aromatic rings. The molecule has 1 heterocycles. The minimum atomic E-state index is -0.787. The maximum absolute atomic E-state index is 12.8. The van der Waals surface area contributed by atoms with Crippen molar-refractivity contribution >= 4 is 11.8 Å². The Bertz CT molecular complexity index is 350. The summed E-state index contributed by atoms with van der Waals surface area (Å²) in [6, 6.07) is 0. The molecule has 3 nitrogen and oxygen atoms in total. The Morgan fingerprint density at radius 2 is 2.31 bits per heavy atom. The highest BCUT2D eigenvalue weighted by Crippen LogP contribution is 2.06. The monoisotopic (exact) mass is 202 g/mol. The molecule has 0 bridgehead atoms.